The molecule has 4 rings (SSSR count). The highest BCUT2D eigenvalue weighted by Crippen LogP contribution is 2.13. The lowest BCUT2D eigenvalue weighted by atomic mass is 10.1. The summed E-state index contributed by atoms with van der Waals surface area (Å²) in [6, 6.07) is 34.6. The minimum absolute atomic E-state index is 0.520. The lowest BCUT2D eigenvalue weighted by molar-refractivity contribution is 0.349. The average molecular weight is 420 g/mol. The molecule has 4 aromatic rings. The molecule has 5 heteroatoms. The zero-order valence-corrected chi connectivity index (χ0v) is 18.1. The van der Waals surface area contributed by atoms with Crippen LogP contribution in [0.2, 0.25) is 0 Å². The number of hydrogen-bond acceptors (Lipinski definition) is 4. The van der Waals surface area contributed by atoms with Gasteiger partial charge in [-0.15, -0.1) is 5.16 Å². The van der Waals surface area contributed by atoms with E-state index in [0.717, 1.165) is 15.6 Å². The summed E-state index contributed by atoms with van der Waals surface area (Å²) in [6.45, 7) is 1.85. The van der Waals surface area contributed by atoms with Crippen molar-refractivity contribution in [3.8, 4) is 6.07 Å². The zero-order valence-electron chi connectivity index (χ0n) is 17.1. The smallest absolute Gasteiger partial charge is 0.380 e. The molecule has 31 heavy (non-hydrogen) atoms. The van der Waals surface area contributed by atoms with Crippen molar-refractivity contribution in [3.05, 3.63) is 121 Å². The first kappa shape index (κ1) is 20.3. The zero-order chi connectivity index (χ0) is 21.5. The molecule has 0 aliphatic rings. The summed E-state index contributed by atoms with van der Waals surface area (Å²) in [6.07, 6.45) is 3.25. The average Bonchev–Trinajstić information content (AvgIpc) is 2.86. The predicted molar refractivity (Wildman–Crippen MR) is 126 cm³/mol. The highest BCUT2D eigenvalue weighted by molar-refractivity contribution is 7.07. The van der Waals surface area contributed by atoms with Crippen molar-refractivity contribution in [2.24, 2.45) is 5.16 Å². The number of rotatable bonds is 6. The number of oxime groups is 1. The molecular formula is C26H21N3OSi. The Bertz CT molecular complexity index is 1120. The molecule has 0 aliphatic heterocycles. The third kappa shape index (κ3) is 4.02. The van der Waals surface area contributed by atoms with Crippen molar-refractivity contribution in [1.29, 1.82) is 5.26 Å². The van der Waals surface area contributed by atoms with E-state index in [2.05, 4.69) is 52.6 Å². The van der Waals surface area contributed by atoms with Crippen LogP contribution < -0.4 is 15.6 Å². The third-order valence-electron chi connectivity index (χ3n) is 5.19. The fourth-order valence-electron chi connectivity index (χ4n) is 3.64. The molecule has 0 saturated heterocycles. The second-order valence-electron chi connectivity index (χ2n) is 7.08. The van der Waals surface area contributed by atoms with Crippen LogP contribution in [-0.4, -0.2) is 19.0 Å². The van der Waals surface area contributed by atoms with Gasteiger partial charge >= 0.3 is 8.32 Å². The fraction of sp³-hybridized carbons (Fsp3) is 0.0385. The van der Waals surface area contributed by atoms with E-state index < -0.39 is 8.32 Å². The molecule has 0 radical (unpaired) electrons. The van der Waals surface area contributed by atoms with Crippen LogP contribution in [0.5, 0.6) is 0 Å². The summed E-state index contributed by atoms with van der Waals surface area (Å²) < 4.78 is 6.59. The summed E-state index contributed by atoms with van der Waals surface area (Å²) in [5.74, 6) is 0. The Morgan fingerprint density at radius 1 is 0.806 bits per heavy atom. The van der Waals surface area contributed by atoms with Gasteiger partial charge in [-0.3, -0.25) is 4.98 Å². The quantitative estimate of drug-likeness (QED) is 0.208. The van der Waals surface area contributed by atoms with E-state index in [0.29, 0.717) is 16.8 Å². The first-order valence-electron chi connectivity index (χ1n) is 9.99. The van der Waals surface area contributed by atoms with Crippen molar-refractivity contribution >= 4 is 29.6 Å². The number of hydrogen-bond donors (Lipinski definition) is 0. The molecule has 0 bridgehead atoms. The van der Waals surface area contributed by atoms with E-state index in [-0.39, 0.29) is 0 Å². The molecule has 0 saturated carbocycles. The van der Waals surface area contributed by atoms with E-state index in [1.807, 2.05) is 61.5 Å². The van der Waals surface area contributed by atoms with E-state index in [1.165, 1.54) is 0 Å². The Kier molecular flexibility index (Phi) is 6.02. The van der Waals surface area contributed by atoms with Gasteiger partial charge in [-0.05, 0) is 28.6 Å². The standard InChI is InChI=1S/C26H21N3OSi/c1-21(26-20-28-18-17-22(26)19-27)29-30-31(23-11-5-2-6-12-23,24-13-7-3-8-14-24)25-15-9-4-10-16-25/h2-18,20H,1H3. The largest absolute Gasteiger partial charge is 0.438 e. The molecule has 0 spiro atoms. The number of nitrogens with zero attached hydrogens (tertiary/aromatic N) is 3. The topological polar surface area (TPSA) is 58.3 Å². The number of aromatic nitrogens is 1. The summed E-state index contributed by atoms with van der Waals surface area (Å²) in [5.41, 5.74) is 1.80. The second-order valence-corrected chi connectivity index (χ2v) is 10.4. The molecule has 3 aromatic carbocycles. The molecule has 1 aromatic heterocycles. The van der Waals surface area contributed by atoms with E-state index in [9.17, 15) is 5.26 Å². The summed E-state index contributed by atoms with van der Waals surface area (Å²) in [5, 5.41) is 17.3. The number of benzene rings is 3. The highest BCUT2D eigenvalue weighted by atomic mass is 28.4. The third-order valence-corrected chi connectivity index (χ3v) is 9.00. The SMILES string of the molecule is CC(=NO[Si](c1ccccc1)(c1ccccc1)c1ccccc1)c1cnccc1C#N. The molecular weight excluding hydrogens is 398 g/mol. The van der Waals surface area contributed by atoms with Crippen LogP contribution in [0.25, 0.3) is 0 Å². The Morgan fingerprint density at radius 3 is 1.74 bits per heavy atom. The molecule has 0 amide bonds. The molecule has 0 aliphatic carbocycles. The Balaban J connectivity index is 1.92. The van der Waals surface area contributed by atoms with Gasteiger partial charge in [0, 0.05) is 18.0 Å². The second kappa shape index (κ2) is 9.20. The van der Waals surface area contributed by atoms with Gasteiger partial charge in [0.25, 0.3) is 0 Å². The number of pyridine rings is 1. The van der Waals surface area contributed by atoms with Crippen LogP contribution >= 0.6 is 0 Å². The molecule has 0 N–H and O–H groups in total. The van der Waals surface area contributed by atoms with Crippen molar-refractivity contribution in [2.45, 2.75) is 6.92 Å². The van der Waals surface area contributed by atoms with Crippen molar-refractivity contribution in [1.82, 2.24) is 4.98 Å². The van der Waals surface area contributed by atoms with Gasteiger partial charge in [-0.25, -0.2) is 0 Å². The molecule has 1 heterocycles. The van der Waals surface area contributed by atoms with Gasteiger partial charge < -0.3 is 4.53 Å². The van der Waals surface area contributed by atoms with Crippen LogP contribution in [0.1, 0.15) is 18.1 Å². The summed E-state index contributed by atoms with van der Waals surface area (Å²) >= 11 is 0. The van der Waals surface area contributed by atoms with Crippen LogP contribution in [0, 0.1) is 11.3 Å². The molecule has 0 atom stereocenters. The van der Waals surface area contributed by atoms with Gasteiger partial charge in [0.1, 0.15) is 0 Å². The minimum Gasteiger partial charge on any atom is -0.438 e. The highest BCUT2D eigenvalue weighted by Gasteiger charge is 2.45. The first-order chi connectivity index (χ1) is 15.3. The van der Waals surface area contributed by atoms with Crippen molar-refractivity contribution < 1.29 is 4.53 Å². The normalized spacial score (nSPS) is 11.5. The van der Waals surface area contributed by atoms with E-state index in [4.69, 9.17) is 4.53 Å². The predicted octanol–water partition coefficient (Wildman–Crippen LogP) is 3.36. The molecule has 150 valence electrons. The molecule has 0 unspecified atom stereocenters. The summed E-state index contributed by atoms with van der Waals surface area (Å²) in [7, 11) is -2.94. The summed E-state index contributed by atoms with van der Waals surface area (Å²) in [4.78, 5) is 4.16. The van der Waals surface area contributed by atoms with Gasteiger partial charge in [0.05, 0.1) is 17.3 Å². The molecule has 4 nitrogen and oxygen atoms in total. The van der Waals surface area contributed by atoms with Gasteiger partial charge in [-0.2, -0.15) is 5.26 Å². The van der Waals surface area contributed by atoms with Gasteiger partial charge in [0.15, 0.2) is 0 Å². The van der Waals surface area contributed by atoms with Gasteiger partial charge in [0.2, 0.25) is 0 Å². The Hall–Kier alpha value is -4.01. The van der Waals surface area contributed by atoms with Crippen molar-refractivity contribution in [3.63, 3.8) is 0 Å². The lowest BCUT2D eigenvalue weighted by Crippen LogP contribution is -2.68. The Morgan fingerprint density at radius 2 is 1.29 bits per heavy atom. The maximum Gasteiger partial charge on any atom is 0.380 e. The fourth-order valence-corrected chi connectivity index (χ4v) is 7.22. The van der Waals surface area contributed by atoms with Crippen LogP contribution in [0.4, 0.5) is 0 Å². The number of nitriles is 1. The first-order valence-corrected chi connectivity index (χ1v) is 11.9. The van der Waals surface area contributed by atoms with Gasteiger partial charge in [-0.1, -0.05) is 91.0 Å². The Labute approximate surface area is 183 Å². The van der Waals surface area contributed by atoms with Crippen LogP contribution in [0.3, 0.4) is 0 Å². The lowest BCUT2D eigenvalue weighted by Gasteiger charge is -2.30. The van der Waals surface area contributed by atoms with E-state index in [1.54, 1.807) is 18.5 Å². The van der Waals surface area contributed by atoms with Crippen LogP contribution in [-0.2, 0) is 4.53 Å². The monoisotopic (exact) mass is 419 g/mol. The maximum absolute atomic E-state index is 9.46. The van der Waals surface area contributed by atoms with Crippen molar-refractivity contribution in [2.75, 3.05) is 0 Å². The maximum atomic E-state index is 9.46. The van der Waals surface area contributed by atoms with E-state index >= 15 is 0 Å². The minimum atomic E-state index is -2.94. The van der Waals surface area contributed by atoms with Crippen LogP contribution in [0.15, 0.2) is 115 Å². The molecule has 0 fully saturated rings.